The highest BCUT2D eigenvalue weighted by molar-refractivity contribution is 5.87. The number of alkyl halides is 3. The molecule has 8 heteroatoms. The van der Waals surface area contributed by atoms with E-state index in [0.29, 0.717) is 0 Å². The second-order valence-electron chi connectivity index (χ2n) is 5.35. The number of carbonyl (C=O) groups is 1. The van der Waals surface area contributed by atoms with Gasteiger partial charge in [0.15, 0.2) is 6.10 Å². The minimum absolute atomic E-state index is 0.287. The third-order valence-corrected chi connectivity index (χ3v) is 2.28. The molecule has 0 fully saturated rings. The van der Waals surface area contributed by atoms with Crippen LogP contribution in [0.4, 0.5) is 23.7 Å². The first kappa shape index (κ1) is 17.1. The van der Waals surface area contributed by atoms with Gasteiger partial charge in [0.25, 0.3) is 0 Å². The fourth-order valence-electron chi connectivity index (χ4n) is 1.43. The molecule has 3 N–H and O–H groups in total. The molecule has 5 nitrogen and oxygen atoms in total. The third kappa shape index (κ3) is 5.14. The van der Waals surface area contributed by atoms with E-state index in [0.717, 1.165) is 18.2 Å². The molecule has 1 amide bonds. The molecule has 118 valence electrons. The van der Waals surface area contributed by atoms with Gasteiger partial charge in [-0.25, -0.2) is 4.79 Å². The number of aliphatic hydroxyl groups is 1. The molecule has 1 atom stereocenters. The summed E-state index contributed by atoms with van der Waals surface area (Å²) in [5.41, 5.74) is -1.60. The Morgan fingerprint density at radius 2 is 1.86 bits per heavy atom. The molecule has 0 saturated heterocycles. The lowest BCUT2D eigenvalue weighted by Crippen LogP contribution is -2.27. The Morgan fingerprint density at radius 3 is 2.33 bits per heavy atom. The summed E-state index contributed by atoms with van der Waals surface area (Å²) < 4.78 is 42.2. The van der Waals surface area contributed by atoms with Crippen molar-refractivity contribution >= 4 is 11.8 Å². The minimum atomic E-state index is -4.85. The first-order valence-corrected chi connectivity index (χ1v) is 5.98. The maximum atomic E-state index is 12.4. The zero-order chi connectivity index (χ0) is 16.4. The number of amides is 1. The van der Waals surface area contributed by atoms with Crippen molar-refractivity contribution in [2.24, 2.45) is 0 Å². The Labute approximate surface area is 119 Å². The Balaban J connectivity index is 2.96. The molecule has 0 unspecified atom stereocenters. The van der Waals surface area contributed by atoms with E-state index in [1.807, 2.05) is 0 Å². The molecule has 0 saturated carbocycles. The number of phenolic OH excluding ortho intramolecular Hbond substituents is 1. The Kier molecular flexibility index (Phi) is 4.72. The summed E-state index contributed by atoms with van der Waals surface area (Å²) in [5, 5.41) is 20.8. The van der Waals surface area contributed by atoms with E-state index in [-0.39, 0.29) is 5.69 Å². The first-order chi connectivity index (χ1) is 9.40. The predicted octanol–water partition coefficient (Wildman–Crippen LogP) is 3.33. The van der Waals surface area contributed by atoms with E-state index >= 15 is 0 Å². The van der Waals surface area contributed by atoms with Gasteiger partial charge in [0, 0.05) is 0 Å². The SMILES string of the molecule is CC(C)(C)OC(=O)Nc1cc([C@@H](O)C(F)(F)F)ccc1O. The van der Waals surface area contributed by atoms with Crippen LogP contribution in [0.5, 0.6) is 5.75 Å². The van der Waals surface area contributed by atoms with Gasteiger partial charge < -0.3 is 14.9 Å². The van der Waals surface area contributed by atoms with Crippen LogP contribution in [0.1, 0.15) is 32.4 Å². The van der Waals surface area contributed by atoms with Crippen LogP contribution in [0, 0.1) is 0 Å². The van der Waals surface area contributed by atoms with Crippen molar-refractivity contribution in [3.8, 4) is 5.75 Å². The lowest BCUT2D eigenvalue weighted by Gasteiger charge is -2.20. The van der Waals surface area contributed by atoms with Gasteiger partial charge in [-0.3, -0.25) is 5.32 Å². The maximum absolute atomic E-state index is 12.4. The van der Waals surface area contributed by atoms with Crippen molar-refractivity contribution in [3.63, 3.8) is 0 Å². The van der Waals surface area contributed by atoms with Gasteiger partial charge in [0.1, 0.15) is 11.4 Å². The normalized spacial score (nSPS) is 13.7. The van der Waals surface area contributed by atoms with Crippen LogP contribution in [0.3, 0.4) is 0 Å². The van der Waals surface area contributed by atoms with E-state index in [2.05, 4.69) is 5.32 Å². The zero-order valence-corrected chi connectivity index (χ0v) is 11.7. The number of phenols is 1. The van der Waals surface area contributed by atoms with Gasteiger partial charge in [0.2, 0.25) is 0 Å². The van der Waals surface area contributed by atoms with Crippen molar-refractivity contribution in [3.05, 3.63) is 23.8 Å². The second-order valence-corrected chi connectivity index (χ2v) is 5.35. The Morgan fingerprint density at radius 1 is 1.29 bits per heavy atom. The van der Waals surface area contributed by atoms with Crippen LogP contribution < -0.4 is 5.32 Å². The van der Waals surface area contributed by atoms with Crippen LogP contribution in [0.25, 0.3) is 0 Å². The predicted molar refractivity (Wildman–Crippen MR) is 69.0 cm³/mol. The number of rotatable bonds is 2. The van der Waals surface area contributed by atoms with Crippen LogP contribution in [-0.2, 0) is 4.74 Å². The molecule has 0 spiro atoms. The topological polar surface area (TPSA) is 78.8 Å². The van der Waals surface area contributed by atoms with Gasteiger partial charge in [0.05, 0.1) is 5.69 Å². The Hall–Kier alpha value is -1.96. The van der Waals surface area contributed by atoms with Crippen molar-refractivity contribution in [1.29, 1.82) is 0 Å². The first-order valence-electron chi connectivity index (χ1n) is 5.98. The molecule has 1 rings (SSSR count). The van der Waals surface area contributed by atoms with Crippen molar-refractivity contribution in [2.75, 3.05) is 5.32 Å². The molecule has 1 aromatic rings. The molecule has 0 aromatic heterocycles. The number of benzene rings is 1. The van der Waals surface area contributed by atoms with E-state index in [9.17, 15) is 23.1 Å². The van der Waals surface area contributed by atoms with Gasteiger partial charge in [-0.2, -0.15) is 13.2 Å². The summed E-state index contributed by atoms with van der Waals surface area (Å²) in [4.78, 5) is 11.5. The fraction of sp³-hybridized carbons (Fsp3) is 0.462. The van der Waals surface area contributed by atoms with E-state index in [4.69, 9.17) is 9.84 Å². The van der Waals surface area contributed by atoms with Gasteiger partial charge in [-0.05, 0) is 38.5 Å². The number of halogens is 3. The van der Waals surface area contributed by atoms with Crippen molar-refractivity contribution in [1.82, 2.24) is 0 Å². The average Bonchev–Trinajstić information content (AvgIpc) is 2.27. The fourth-order valence-corrected chi connectivity index (χ4v) is 1.43. The van der Waals surface area contributed by atoms with E-state index < -0.39 is 35.3 Å². The van der Waals surface area contributed by atoms with Crippen LogP contribution in [0.2, 0.25) is 0 Å². The quantitative estimate of drug-likeness (QED) is 0.732. The summed E-state index contributed by atoms with van der Waals surface area (Å²) >= 11 is 0. The second kappa shape index (κ2) is 5.80. The van der Waals surface area contributed by atoms with E-state index in [1.165, 1.54) is 0 Å². The van der Waals surface area contributed by atoms with E-state index in [1.54, 1.807) is 20.8 Å². The lowest BCUT2D eigenvalue weighted by atomic mass is 10.1. The number of aliphatic hydroxyl groups excluding tert-OH is 1. The minimum Gasteiger partial charge on any atom is -0.506 e. The average molecular weight is 307 g/mol. The molecule has 0 aliphatic rings. The van der Waals surface area contributed by atoms with Gasteiger partial charge in [-0.1, -0.05) is 6.07 Å². The number of carbonyl (C=O) groups excluding carboxylic acids is 1. The van der Waals surface area contributed by atoms with Crippen LogP contribution >= 0.6 is 0 Å². The molecule has 0 heterocycles. The summed E-state index contributed by atoms with van der Waals surface area (Å²) in [6.07, 6.45) is -8.49. The van der Waals surface area contributed by atoms with Crippen LogP contribution in [0.15, 0.2) is 18.2 Å². The number of nitrogens with one attached hydrogen (secondary N) is 1. The highest BCUT2D eigenvalue weighted by Crippen LogP contribution is 2.35. The van der Waals surface area contributed by atoms with Crippen molar-refractivity contribution in [2.45, 2.75) is 38.7 Å². The highest BCUT2D eigenvalue weighted by Gasteiger charge is 2.39. The van der Waals surface area contributed by atoms with Gasteiger partial charge in [-0.15, -0.1) is 0 Å². The molecular weight excluding hydrogens is 291 g/mol. The maximum Gasteiger partial charge on any atom is 0.418 e. The molecular formula is C13H16F3NO4. The number of hydrogen-bond acceptors (Lipinski definition) is 4. The number of aromatic hydroxyl groups is 1. The number of anilines is 1. The monoisotopic (exact) mass is 307 g/mol. The summed E-state index contributed by atoms with van der Waals surface area (Å²) in [6.45, 7) is 4.82. The summed E-state index contributed by atoms with van der Waals surface area (Å²) in [7, 11) is 0. The summed E-state index contributed by atoms with van der Waals surface area (Å²) in [6, 6.07) is 2.68. The van der Waals surface area contributed by atoms with Crippen LogP contribution in [-0.4, -0.2) is 28.1 Å². The standard InChI is InChI=1S/C13H16F3NO4/c1-12(2,3)21-11(20)17-8-6-7(4-5-9(8)18)10(19)13(14,15)16/h4-6,10,18-19H,1-3H3,(H,17,20)/t10-/m1/s1. The molecule has 0 aliphatic carbocycles. The number of ether oxygens (including phenoxy) is 1. The molecule has 0 bridgehead atoms. The number of hydrogen-bond donors (Lipinski definition) is 3. The largest absolute Gasteiger partial charge is 0.506 e. The molecule has 1 aromatic carbocycles. The third-order valence-electron chi connectivity index (χ3n) is 2.28. The molecule has 0 aliphatic heterocycles. The highest BCUT2D eigenvalue weighted by atomic mass is 19.4. The molecule has 21 heavy (non-hydrogen) atoms. The smallest absolute Gasteiger partial charge is 0.418 e. The lowest BCUT2D eigenvalue weighted by molar-refractivity contribution is -0.206. The van der Waals surface area contributed by atoms with Crippen molar-refractivity contribution < 1.29 is 32.9 Å². The zero-order valence-electron chi connectivity index (χ0n) is 11.7. The van der Waals surface area contributed by atoms with Gasteiger partial charge >= 0.3 is 12.3 Å². The summed E-state index contributed by atoms with van der Waals surface area (Å²) in [5.74, 6) is -0.445. The Bertz CT molecular complexity index is 523. The molecule has 0 radical (unpaired) electrons.